The molecule has 12 nitrogen and oxygen atoms in total. The van der Waals surface area contributed by atoms with Gasteiger partial charge in [-0.2, -0.15) is 0 Å². The largest absolute Gasteiger partial charge is 0.497 e. The van der Waals surface area contributed by atoms with Gasteiger partial charge >= 0.3 is 5.97 Å². The fraction of sp³-hybridized carbons (Fsp3) is 0.242. The first-order valence-corrected chi connectivity index (χ1v) is 19.5. The Kier molecular flexibility index (Phi) is 12.5. The number of carbonyl (C=O) groups excluding carboxylic acids is 1. The van der Waals surface area contributed by atoms with Gasteiger partial charge in [0.1, 0.15) is 12.3 Å². The molecule has 0 fully saturated rings. The first-order chi connectivity index (χ1) is 22.8. The van der Waals surface area contributed by atoms with Gasteiger partial charge in [-0.1, -0.05) is 78.9 Å². The SMILES string of the molecule is COC(=O)CNS(=O)(=O)Cc1ccc(CNS(=O)(=O)c2ccc(OC)cc2-c2ccc(CNS(=O)(=O)CCc3ccccc3)cc2)cc1. The van der Waals surface area contributed by atoms with Gasteiger partial charge in [0.05, 0.1) is 30.6 Å². The van der Waals surface area contributed by atoms with E-state index < -0.39 is 42.6 Å². The van der Waals surface area contributed by atoms with Crippen molar-refractivity contribution in [3.8, 4) is 16.9 Å². The number of hydrogen-bond acceptors (Lipinski definition) is 9. The number of methoxy groups -OCH3 is 2. The molecule has 4 aromatic carbocycles. The lowest BCUT2D eigenvalue weighted by Crippen LogP contribution is -2.31. The maximum absolute atomic E-state index is 13.5. The highest BCUT2D eigenvalue weighted by atomic mass is 32.2. The summed E-state index contributed by atoms with van der Waals surface area (Å²) in [4.78, 5) is 11.2. The van der Waals surface area contributed by atoms with E-state index in [0.29, 0.717) is 40.0 Å². The minimum Gasteiger partial charge on any atom is -0.497 e. The predicted octanol–water partition coefficient (Wildman–Crippen LogP) is 3.10. The zero-order valence-electron chi connectivity index (χ0n) is 26.4. The minimum atomic E-state index is -4.04. The number of carbonyl (C=O) groups is 1. The Bertz CT molecular complexity index is 2020. The van der Waals surface area contributed by atoms with E-state index >= 15 is 0 Å². The summed E-state index contributed by atoms with van der Waals surface area (Å²) in [6.07, 6.45) is 0.392. The number of rotatable bonds is 17. The molecule has 0 spiro atoms. The zero-order valence-corrected chi connectivity index (χ0v) is 28.8. The molecular formula is C33H37N3O9S3. The van der Waals surface area contributed by atoms with Gasteiger partial charge < -0.3 is 9.47 Å². The van der Waals surface area contributed by atoms with Crippen LogP contribution >= 0.6 is 0 Å². The maximum Gasteiger partial charge on any atom is 0.320 e. The summed E-state index contributed by atoms with van der Waals surface area (Å²) in [7, 11) is -8.71. The molecule has 0 saturated carbocycles. The second kappa shape index (κ2) is 16.3. The van der Waals surface area contributed by atoms with E-state index in [4.69, 9.17) is 4.74 Å². The number of ether oxygens (including phenoxy) is 2. The van der Waals surface area contributed by atoms with E-state index in [-0.39, 0.29) is 29.5 Å². The van der Waals surface area contributed by atoms with Crippen LogP contribution in [0.3, 0.4) is 0 Å². The quantitative estimate of drug-likeness (QED) is 0.139. The van der Waals surface area contributed by atoms with Crippen LogP contribution in [0, 0.1) is 0 Å². The lowest BCUT2D eigenvalue weighted by molar-refractivity contribution is -0.139. The van der Waals surface area contributed by atoms with Crippen LogP contribution in [-0.2, 0) is 64.9 Å². The summed E-state index contributed by atoms with van der Waals surface area (Å²) in [6, 6.07) is 27.2. The van der Waals surface area contributed by atoms with Crippen molar-refractivity contribution in [2.24, 2.45) is 0 Å². The monoisotopic (exact) mass is 715 g/mol. The molecule has 0 aliphatic rings. The van der Waals surface area contributed by atoms with Crippen molar-refractivity contribution in [3.63, 3.8) is 0 Å². The Hall–Kier alpha value is -4.12. The Morgan fingerprint density at radius 2 is 1.25 bits per heavy atom. The molecule has 3 N–H and O–H groups in total. The fourth-order valence-corrected chi connectivity index (χ4v) is 7.91. The van der Waals surface area contributed by atoms with Crippen LogP contribution in [0.2, 0.25) is 0 Å². The van der Waals surface area contributed by atoms with E-state index in [0.717, 1.165) is 12.7 Å². The summed E-state index contributed by atoms with van der Waals surface area (Å²) in [5, 5.41) is 0. The second-order valence-electron chi connectivity index (χ2n) is 10.7. The molecule has 0 aliphatic heterocycles. The molecule has 256 valence electrons. The highest BCUT2D eigenvalue weighted by Crippen LogP contribution is 2.31. The molecule has 0 radical (unpaired) electrons. The molecule has 0 saturated heterocycles. The Balaban J connectivity index is 1.41. The number of hydrogen-bond donors (Lipinski definition) is 3. The van der Waals surface area contributed by atoms with Gasteiger partial charge in [-0.15, -0.1) is 0 Å². The number of aryl methyl sites for hydroxylation is 1. The van der Waals surface area contributed by atoms with Gasteiger partial charge in [-0.3, -0.25) is 4.79 Å². The van der Waals surface area contributed by atoms with Crippen LogP contribution in [0.5, 0.6) is 5.75 Å². The normalized spacial score (nSPS) is 12.0. The summed E-state index contributed by atoms with van der Waals surface area (Å²) in [5.74, 6) is -0.682. The van der Waals surface area contributed by atoms with Crippen molar-refractivity contribution in [1.82, 2.24) is 14.2 Å². The van der Waals surface area contributed by atoms with E-state index in [2.05, 4.69) is 18.9 Å². The van der Waals surface area contributed by atoms with Crippen LogP contribution in [0.25, 0.3) is 11.1 Å². The lowest BCUT2D eigenvalue weighted by Gasteiger charge is -2.14. The second-order valence-corrected chi connectivity index (χ2v) is 16.2. The highest BCUT2D eigenvalue weighted by molar-refractivity contribution is 7.90. The molecule has 15 heteroatoms. The summed E-state index contributed by atoms with van der Waals surface area (Å²) in [6.45, 7) is -0.463. The number of esters is 1. The van der Waals surface area contributed by atoms with Crippen LogP contribution < -0.4 is 18.9 Å². The lowest BCUT2D eigenvalue weighted by atomic mass is 10.0. The Morgan fingerprint density at radius 3 is 1.88 bits per heavy atom. The van der Waals surface area contributed by atoms with E-state index in [1.807, 2.05) is 30.3 Å². The van der Waals surface area contributed by atoms with Crippen LogP contribution in [0.4, 0.5) is 0 Å². The van der Waals surface area contributed by atoms with Crippen molar-refractivity contribution in [3.05, 3.63) is 119 Å². The van der Waals surface area contributed by atoms with Crippen molar-refractivity contribution < 1.29 is 39.5 Å². The molecule has 4 rings (SSSR count). The third-order valence-electron chi connectivity index (χ3n) is 7.25. The van der Waals surface area contributed by atoms with Crippen LogP contribution in [0.15, 0.2) is 102 Å². The molecular weight excluding hydrogens is 679 g/mol. The third-order valence-corrected chi connectivity index (χ3v) is 11.3. The highest BCUT2D eigenvalue weighted by Gasteiger charge is 2.21. The van der Waals surface area contributed by atoms with Gasteiger partial charge in [0.15, 0.2) is 0 Å². The topological polar surface area (TPSA) is 174 Å². The van der Waals surface area contributed by atoms with E-state index in [9.17, 15) is 30.0 Å². The van der Waals surface area contributed by atoms with Crippen molar-refractivity contribution in [2.45, 2.75) is 30.2 Å². The smallest absolute Gasteiger partial charge is 0.320 e. The van der Waals surface area contributed by atoms with Crippen LogP contribution in [0.1, 0.15) is 22.3 Å². The molecule has 0 amide bonds. The molecule has 0 aromatic heterocycles. The van der Waals surface area contributed by atoms with Crippen LogP contribution in [-0.4, -0.2) is 57.7 Å². The number of nitrogens with one attached hydrogen (secondary N) is 3. The number of sulfonamides is 3. The van der Waals surface area contributed by atoms with Crippen molar-refractivity contribution in [1.29, 1.82) is 0 Å². The average molecular weight is 716 g/mol. The first-order valence-electron chi connectivity index (χ1n) is 14.7. The van der Waals surface area contributed by atoms with Gasteiger partial charge in [0, 0.05) is 18.7 Å². The van der Waals surface area contributed by atoms with Gasteiger partial charge in [0.2, 0.25) is 30.1 Å². The Morgan fingerprint density at radius 1 is 0.646 bits per heavy atom. The average Bonchev–Trinajstić information content (AvgIpc) is 3.09. The molecule has 0 aliphatic carbocycles. The van der Waals surface area contributed by atoms with E-state index in [1.54, 1.807) is 60.7 Å². The minimum absolute atomic E-state index is 0.0112. The van der Waals surface area contributed by atoms with E-state index in [1.165, 1.54) is 13.2 Å². The zero-order chi connectivity index (χ0) is 34.8. The summed E-state index contributed by atoms with van der Waals surface area (Å²) < 4.78 is 93.7. The fourth-order valence-electron chi connectivity index (χ4n) is 4.58. The summed E-state index contributed by atoms with van der Waals surface area (Å²) in [5.41, 5.74) is 3.63. The maximum atomic E-state index is 13.5. The number of benzene rings is 4. The molecule has 4 aromatic rings. The van der Waals surface area contributed by atoms with Crippen molar-refractivity contribution in [2.75, 3.05) is 26.5 Å². The first kappa shape index (κ1) is 36.7. The molecule has 0 atom stereocenters. The molecule has 0 heterocycles. The molecule has 48 heavy (non-hydrogen) atoms. The predicted molar refractivity (Wildman–Crippen MR) is 182 cm³/mol. The standard InChI is InChI=1S/C33H37N3O9S3/c1-44-30-16-17-32(48(42,43)36-22-26-8-10-28(11-9-26)24-47(40,41)35-23-33(37)45-2)31(20-30)29-14-12-27(13-15-29)21-34-46(38,39)19-18-25-6-4-3-5-7-25/h3-17,20,34-36H,18-19,21-24H2,1-2H3. The Labute approximate surface area is 281 Å². The molecule has 0 unspecified atom stereocenters. The van der Waals surface area contributed by atoms with Crippen molar-refractivity contribution >= 4 is 36.0 Å². The third kappa shape index (κ3) is 11.0. The van der Waals surface area contributed by atoms with Gasteiger partial charge in [0.25, 0.3) is 0 Å². The molecule has 0 bridgehead atoms. The summed E-state index contributed by atoms with van der Waals surface area (Å²) >= 11 is 0. The van der Waals surface area contributed by atoms with Gasteiger partial charge in [-0.05, 0) is 52.4 Å². The van der Waals surface area contributed by atoms with Gasteiger partial charge in [-0.25, -0.2) is 39.4 Å².